The predicted molar refractivity (Wildman–Crippen MR) is 102 cm³/mol. The molecule has 0 aliphatic carbocycles. The fraction of sp³-hybridized carbons (Fsp3) is 0.263. The number of anilines is 2. The van der Waals surface area contributed by atoms with Gasteiger partial charge < -0.3 is 14.8 Å². The predicted octanol–water partition coefficient (Wildman–Crippen LogP) is 3.74. The van der Waals surface area contributed by atoms with Crippen molar-refractivity contribution in [1.82, 2.24) is 0 Å². The lowest BCUT2D eigenvalue weighted by Gasteiger charge is -2.23. The SMILES string of the molecule is CCOc1ccccc1NC(=O)CN(C(C)=O)c1cc(Cl)ccc1OC. The second-order valence-electron chi connectivity index (χ2n) is 5.40. The standard InChI is InChI=1S/C19H21ClN2O4/c1-4-26-17-8-6-5-7-15(17)21-19(24)12-22(13(2)23)16-11-14(20)9-10-18(16)25-3/h5-11H,4,12H2,1-3H3,(H,21,24). The third-order valence-electron chi connectivity index (χ3n) is 3.57. The molecule has 0 radical (unpaired) electrons. The van der Waals surface area contributed by atoms with Gasteiger partial charge in [-0.25, -0.2) is 0 Å². The Morgan fingerprint density at radius 3 is 2.54 bits per heavy atom. The Morgan fingerprint density at radius 1 is 1.15 bits per heavy atom. The smallest absolute Gasteiger partial charge is 0.244 e. The van der Waals surface area contributed by atoms with Crippen molar-refractivity contribution in [1.29, 1.82) is 0 Å². The minimum absolute atomic E-state index is 0.188. The quantitative estimate of drug-likeness (QED) is 0.799. The molecule has 0 spiro atoms. The number of amides is 2. The second kappa shape index (κ2) is 9.10. The number of para-hydroxylation sites is 2. The van der Waals surface area contributed by atoms with Crippen molar-refractivity contribution < 1.29 is 19.1 Å². The molecule has 0 saturated heterocycles. The Hall–Kier alpha value is -2.73. The number of rotatable bonds is 7. The zero-order valence-corrected chi connectivity index (χ0v) is 15.7. The molecular formula is C19H21ClN2O4. The van der Waals surface area contributed by atoms with Gasteiger partial charge in [-0.05, 0) is 37.3 Å². The average molecular weight is 377 g/mol. The van der Waals surface area contributed by atoms with E-state index >= 15 is 0 Å². The molecule has 0 aliphatic heterocycles. The monoisotopic (exact) mass is 376 g/mol. The second-order valence-corrected chi connectivity index (χ2v) is 5.84. The molecule has 2 amide bonds. The molecule has 2 aromatic carbocycles. The lowest BCUT2D eigenvalue weighted by Crippen LogP contribution is -2.37. The van der Waals surface area contributed by atoms with Crippen LogP contribution in [0.4, 0.5) is 11.4 Å². The van der Waals surface area contributed by atoms with Gasteiger partial charge in [0, 0.05) is 11.9 Å². The first-order valence-corrected chi connectivity index (χ1v) is 8.47. The van der Waals surface area contributed by atoms with E-state index in [2.05, 4.69) is 5.32 Å². The van der Waals surface area contributed by atoms with Crippen LogP contribution in [0.1, 0.15) is 13.8 Å². The molecule has 26 heavy (non-hydrogen) atoms. The Bertz CT molecular complexity index is 795. The Balaban J connectivity index is 2.22. The van der Waals surface area contributed by atoms with E-state index in [1.165, 1.54) is 18.9 Å². The molecule has 6 nitrogen and oxygen atoms in total. The highest BCUT2D eigenvalue weighted by atomic mass is 35.5. The van der Waals surface area contributed by atoms with Crippen molar-refractivity contribution in [2.24, 2.45) is 0 Å². The van der Waals surface area contributed by atoms with Crippen LogP contribution in [0.2, 0.25) is 5.02 Å². The highest BCUT2D eigenvalue weighted by Crippen LogP contribution is 2.31. The van der Waals surface area contributed by atoms with Gasteiger partial charge in [0.2, 0.25) is 11.8 Å². The Morgan fingerprint density at radius 2 is 1.88 bits per heavy atom. The molecule has 0 saturated carbocycles. The van der Waals surface area contributed by atoms with Crippen LogP contribution in [0.3, 0.4) is 0 Å². The summed E-state index contributed by atoms with van der Waals surface area (Å²) < 4.78 is 10.8. The van der Waals surface area contributed by atoms with Gasteiger partial charge in [0.1, 0.15) is 18.0 Å². The Kier molecular flexibility index (Phi) is 6.86. The summed E-state index contributed by atoms with van der Waals surface area (Å²) in [5, 5.41) is 3.21. The van der Waals surface area contributed by atoms with Gasteiger partial charge in [-0.15, -0.1) is 0 Å². The van der Waals surface area contributed by atoms with Gasteiger partial charge >= 0.3 is 0 Å². The van der Waals surface area contributed by atoms with Crippen LogP contribution in [-0.2, 0) is 9.59 Å². The molecule has 7 heteroatoms. The molecule has 1 N–H and O–H groups in total. The molecule has 0 fully saturated rings. The average Bonchev–Trinajstić information content (AvgIpc) is 2.61. The topological polar surface area (TPSA) is 67.9 Å². The first-order chi connectivity index (χ1) is 12.5. The highest BCUT2D eigenvalue weighted by Gasteiger charge is 2.20. The molecule has 0 atom stereocenters. The largest absolute Gasteiger partial charge is 0.495 e. The first kappa shape index (κ1) is 19.6. The molecule has 0 unspecified atom stereocenters. The van der Waals surface area contributed by atoms with Crippen LogP contribution in [-0.4, -0.2) is 32.1 Å². The highest BCUT2D eigenvalue weighted by molar-refractivity contribution is 6.31. The van der Waals surface area contributed by atoms with Gasteiger partial charge in [0.05, 0.1) is 25.1 Å². The fourth-order valence-electron chi connectivity index (χ4n) is 2.42. The number of benzene rings is 2. The number of hydrogen-bond acceptors (Lipinski definition) is 4. The number of hydrogen-bond donors (Lipinski definition) is 1. The normalized spacial score (nSPS) is 10.2. The fourth-order valence-corrected chi connectivity index (χ4v) is 2.59. The van der Waals surface area contributed by atoms with Gasteiger partial charge in [-0.2, -0.15) is 0 Å². The van der Waals surface area contributed by atoms with Crippen LogP contribution in [0.25, 0.3) is 0 Å². The maximum Gasteiger partial charge on any atom is 0.244 e. The first-order valence-electron chi connectivity index (χ1n) is 8.09. The third kappa shape index (κ3) is 4.89. The van der Waals surface area contributed by atoms with Gasteiger partial charge in [0.25, 0.3) is 0 Å². The number of carbonyl (C=O) groups excluding carboxylic acids is 2. The van der Waals surface area contributed by atoms with Crippen LogP contribution >= 0.6 is 11.6 Å². The molecular weight excluding hydrogens is 356 g/mol. The number of ether oxygens (including phenoxy) is 2. The van der Waals surface area contributed by atoms with Crippen LogP contribution in [0.15, 0.2) is 42.5 Å². The summed E-state index contributed by atoms with van der Waals surface area (Å²) in [5.41, 5.74) is 0.974. The van der Waals surface area contributed by atoms with Crippen molar-refractivity contribution >= 4 is 34.8 Å². The minimum atomic E-state index is -0.366. The van der Waals surface area contributed by atoms with Crippen LogP contribution < -0.4 is 19.7 Å². The van der Waals surface area contributed by atoms with E-state index in [0.29, 0.717) is 34.5 Å². The van der Waals surface area contributed by atoms with E-state index in [4.69, 9.17) is 21.1 Å². The van der Waals surface area contributed by atoms with Crippen LogP contribution in [0, 0.1) is 0 Å². The number of nitrogens with zero attached hydrogens (tertiary/aromatic N) is 1. The summed E-state index contributed by atoms with van der Waals surface area (Å²) in [6.07, 6.45) is 0. The lowest BCUT2D eigenvalue weighted by atomic mass is 10.2. The van der Waals surface area contributed by atoms with E-state index in [-0.39, 0.29) is 18.4 Å². The molecule has 2 aromatic rings. The zero-order chi connectivity index (χ0) is 19.1. The molecule has 0 bridgehead atoms. The molecule has 0 aromatic heterocycles. The number of carbonyl (C=O) groups is 2. The lowest BCUT2D eigenvalue weighted by molar-refractivity contribution is -0.120. The summed E-state index contributed by atoms with van der Waals surface area (Å²) in [6.45, 7) is 3.53. The number of methoxy groups -OCH3 is 1. The van der Waals surface area contributed by atoms with Crippen molar-refractivity contribution in [2.45, 2.75) is 13.8 Å². The van der Waals surface area contributed by atoms with Gasteiger partial charge in [0.15, 0.2) is 0 Å². The molecule has 2 rings (SSSR count). The summed E-state index contributed by atoms with van der Waals surface area (Å²) in [5.74, 6) is 0.346. The van der Waals surface area contributed by atoms with E-state index in [1.54, 1.807) is 36.4 Å². The van der Waals surface area contributed by atoms with E-state index in [9.17, 15) is 9.59 Å². The summed E-state index contributed by atoms with van der Waals surface area (Å²) in [4.78, 5) is 25.9. The molecule has 0 aliphatic rings. The number of nitrogens with one attached hydrogen (secondary N) is 1. The third-order valence-corrected chi connectivity index (χ3v) is 3.81. The maximum absolute atomic E-state index is 12.5. The van der Waals surface area contributed by atoms with E-state index in [1.807, 2.05) is 13.0 Å². The van der Waals surface area contributed by atoms with Crippen molar-refractivity contribution in [3.05, 3.63) is 47.5 Å². The zero-order valence-electron chi connectivity index (χ0n) is 14.9. The number of halogens is 1. The summed E-state index contributed by atoms with van der Waals surface area (Å²) in [6, 6.07) is 12.0. The van der Waals surface area contributed by atoms with Gasteiger partial charge in [-0.3, -0.25) is 14.5 Å². The van der Waals surface area contributed by atoms with E-state index in [0.717, 1.165) is 0 Å². The molecule has 0 heterocycles. The summed E-state index contributed by atoms with van der Waals surface area (Å²) in [7, 11) is 1.49. The van der Waals surface area contributed by atoms with Crippen molar-refractivity contribution in [2.75, 3.05) is 30.5 Å². The molecule has 138 valence electrons. The minimum Gasteiger partial charge on any atom is -0.495 e. The Labute approximate surface area is 157 Å². The van der Waals surface area contributed by atoms with Gasteiger partial charge in [-0.1, -0.05) is 23.7 Å². The van der Waals surface area contributed by atoms with Crippen molar-refractivity contribution in [3.8, 4) is 11.5 Å². The maximum atomic E-state index is 12.5. The van der Waals surface area contributed by atoms with E-state index < -0.39 is 0 Å². The van der Waals surface area contributed by atoms with Crippen LogP contribution in [0.5, 0.6) is 11.5 Å². The van der Waals surface area contributed by atoms with Crippen molar-refractivity contribution in [3.63, 3.8) is 0 Å². The summed E-state index contributed by atoms with van der Waals surface area (Å²) >= 11 is 6.03.